The number of fused-ring (bicyclic) bond motifs is 1. The molecule has 0 saturated carbocycles. The summed E-state index contributed by atoms with van der Waals surface area (Å²) in [5.74, 6) is 0.881. The number of anilines is 1. The van der Waals surface area contributed by atoms with E-state index in [-0.39, 0.29) is 6.61 Å². The van der Waals surface area contributed by atoms with E-state index in [4.69, 9.17) is 9.84 Å². The number of aromatic amines is 1. The molecule has 6 heteroatoms. The maximum atomic E-state index is 8.89. The second-order valence-electron chi connectivity index (χ2n) is 7.46. The summed E-state index contributed by atoms with van der Waals surface area (Å²) in [5.41, 5.74) is 3.49. The predicted octanol–water partition coefficient (Wildman–Crippen LogP) is 3.40. The highest BCUT2D eigenvalue weighted by molar-refractivity contribution is 5.81. The molecule has 1 aromatic heterocycles. The number of piperidine rings is 1. The number of hydrogen-bond donors (Lipinski definition) is 3. The molecule has 4 rings (SSSR count). The molecule has 1 aliphatic heterocycles. The van der Waals surface area contributed by atoms with Crippen LogP contribution >= 0.6 is 0 Å². The van der Waals surface area contributed by atoms with Crippen LogP contribution in [0, 0.1) is 0 Å². The SMILES string of the molecule is OCCCOc1cccc(CN2CCCC(Nc3ccc4[nH]ncc4c3)C2)c1. The van der Waals surface area contributed by atoms with Crippen LogP contribution < -0.4 is 10.1 Å². The summed E-state index contributed by atoms with van der Waals surface area (Å²) < 4.78 is 5.71. The number of benzene rings is 2. The zero-order chi connectivity index (χ0) is 19.2. The Morgan fingerprint density at radius 1 is 1.25 bits per heavy atom. The van der Waals surface area contributed by atoms with Gasteiger partial charge in [-0.15, -0.1) is 0 Å². The Bertz CT molecular complexity index is 895. The summed E-state index contributed by atoms with van der Waals surface area (Å²) >= 11 is 0. The first-order chi connectivity index (χ1) is 13.8. The summed E-state index contributed by atoms with van der Waals surface area (Å²) in [6.45, 7) is 3.79. The van der Waals surface area contributed by atoms with E-state index in [1.807, 2.05) is 18.3 Å². The Balaban J connectivity index is 1.34. The predicted molar refractivity (Wildman–Crippen MR) is 112 cm³/mol. The number of aliphatic hydroxyl groups is 1. The van der Waals surface area contributed by atoms with Crippen molar-refractivity contribution < 1.29 is 9.84 Å². The maximum absolute atomic E-state index is 8.89. The first-order valence-electron chi connectivity index (χ1n) is 10.0. The molecule has 0 spiro atoms. The van der Waals surface area contributed by atoms with Crippen molar-refractivity contribution in [2.45, 2.75) is 31.8 Å². The lowest BCUT2D eigenvalue weighted by Crippen LogP contribution is -2.41. The number of nitrogens with one attached hydrogen (secondary N) is 2. The molecule has 0 radical (unpaired) electrons. The zero-order valence-electron chi connectivity index (χ0n) is 16.1. The van der Waals surface area contributed by atoms with Crippen LogP contribution in [0.1, 0.15) is 24.8 Å². The third-order valence-corrected chi connectivity index (χ3v) is 5.19. The molecule has 3 aromatic rings. The molecule has 148 valence electrons. The van der Waals surface area contributed by atoms with E-state index in [0.29, 0.717) is 19.1 Å². The second kappa shape index (κ2) is 9.08. The van der Waals surface area contributed by atoms with Crippen LogP contribution in [0.15, 0.2) is 48.7 Å². The Hall–Kier alpha value is -2.57. The number of H-pyrrole nitrogens is 1. The van der Waals surface area contributed by atoms with Crippen LogP contribution in [0.5, 0.6) is 5.75 Å². The lowest BCUT2D eigenvalue weighted by Gasteiger charge is -2.33. The Morgan fingerprint density at radius 3 is 3.14 bits per heavy atom. The molecule has 3 N–H and O–H groups in total. The van der Waals surface area contributed by atoms with Gasteiger partial charge in [-0.25, -0.2) is 0 Å². The van der Waals surface area contributed by atoms with E-state index in [1.165, 1.54) is 18.4 Å². The van der Waals surface area contributed by atoms with E-state index in [2.05, 4.69) is 50.7 Å². The van der Waals surface area contributed by atoms with Crippen LogP contribution in [-0.2, 0) is 6.54 Å². The monoisotopic (exact) mass is 380 g/mol. The third kappa shape index (κ3) is 4.82. The molecular formula is C22H28N4O2. The number of rotatable bonds is 8. The highest BCUT2D eigenvalue weighted by Gasteiger charge is 2.20. The molecule has 1 saturated heterocycles. The smallest absolute Gasteiger partial charge is 0.119 e. The minimum absolute atomic E-state index is 0.162. The van der Waals surface area contributed by atoms with Crippen LogP contribution in [0.4, 0.5) is 5.69 Å². The average molecular weight is 380 g/mol. The standard InChI is InChI=1S/C22H28N4O2/c27-10-3-11-28-21-6-1-4-17(12-21)15-26-9-2-5-20(16-26)24-19-7-8-22-18(13-19)14-23-25-22/h1,4,6-8,12-14,20,24,27H,2-3,5,9-11,15-16H2,(H,23,25). The van der Waals surface area contributed by atoms with Gasteiger partial charge in [0.1, 0.15) is 5.75 Å². The minimum atomic E-state index is 0.162. The summed E-state index contributed by atoms with van der Waals surface area (Å²) in [7, 11) is 0. The van der Waals surface area contributed by atoms with E-state index >= 15 is 0 Å². The van der Waals surface area contributed by atoms with Crippen molar-refractivity contribution >= 4 is 16.6 Å². The van der Waals surface area contributed by atoms with Crippen molar-refractivity contribution in [3.63, 3.8) is 0 Å². The van der Waals surface area contributed by atoms with E-state index in [0.717, 1.165) is 42.0 Å². The van der Waals surface area contributed by atoms with Crippen molar-refractivity contribution in [2.24, 2.45) is 0 Å². The van der Waals surface area contributed by atoms with E-state index in [9.17, 15) is 0 Å². The fourth-order valence-corrected chi connectivity index (χ4v) is 3.83. The fourth-order valence-electron chi connectivity index (χ4n) is 3.83. The van der Waals surface area contributed by atoms with Gasteiger partial charge in [0.25, 0.3) is 0 Å². The van der Waals surface area contributed by atoms with Gasteiger partial charge in [-0.1, -0.05) is 12.1 Å². The van der Waals surface area contributed by atoms with Gasteiger partial charge in [0.15, 0.2) is 0 Å². The summed E-state index contributed by atoms with van der Waals surface area (Å²) in [4.78, 5) is 2.50. The molecule has 1 fully saturated rings. The number of aliphatic hydroxyl groups excluding tert-OH is 1. The highest BCUT2D eigenvalue weighted by atomic mass is 16.5. The van der Waals surface area contributed by atoms with Gasteiger partial charge in [-0.05, 0) is 55.3 Å². The number of ether oxygens (including phenoxy) is 1. The van der Waals surface area contributed by atoms with Gasteiger partial charge in [0, 0.05) is 43.2 Å². The molecular weight excluding hydrogens is 352 g/mol. The van der Waals surface area contributed by atoms with Crippen molar-refractivity contribution in [1.82, 2.24) is 15.1 Å². The third-order valence-electron chi connectivity index (χ3n) is 5.19. The molecule has 28 heavy (non-hydrogen) atoms. The average Bonchev–Trinajstić information content (AvgIpc) is 3.17. The molecule has 1 aliphatic rings. The lowest BCUT2D eigenvalue weighted by molar-refractivity contribution is 0.208. The van der Waals surface area contributed by atoms with Gasteiger partial charge in [-0.3, -0.25) is 10.00 Å². The Labute approximate surface area is 165 Å². The largest absolute Gasteiger partial charge is 0.493 e. The van der Waals surface area contributed by atoms with Gasteiger partial charge < -0.3 is 15.2 Å². The van der Waals surface area contributed by atoms with Crippen LogP contribution in [-0.4, -0.2) is 52.5 Å². The molecule has 6 nitrogen and oxygen atoms in total. The number of aromatic nitrogens is 2. The lowest BCUT2D eigenvalue weighted by atomic mass is 10.0. The van der Waals surface area contributed by atoms with Gasteiger partial charge >= 0.3 is 0 Å². The fraction of sp³-hybridized carbons (Fsp3) is 0.409. The minimum Gasteiger partial charge on any atom is -0.493 e. The highest BCUT2D eigenvalue weighted by Crippen LogP contribution is 2.22. The number of nitrogens with zero attached hydrogens (tertiary/aromatic N) is 2. The molecule has 2 heterocycles. The molecule has 1 atom stereocenters. The van der Waals surface area contributed by atoms with Gasteiger partial charge in [0.05, 0.1) is 18.3 Å². The summed E-state index contributed by atoms with van der Waals surface area (Å²) in [5, 5.41) is 20.8. The first kappa shape index (κ1) is 18.8. The van der Waals surface area contributed by atoms with Gasteiger partial charge in [0.2, 0.25) is 0 Å². The normalized spacial score (nSPS) is 17.7. The number of hydrogen-bond acceptors (Lipinski definition) is 5. The van der Waals surface area contributed by atoms with Gasteiger partial charge in [-0.2, -0.15) is 5.10 Å². The molecule has 0 amide bonds. The van der Waals surface area contributed by atoms with Crippen molar-refractivity contribution in [1.29, 1.82) is 0 Å². The van der Waals surface area contributed by atoms with Crippen LogP contribution in [0.25, 0.3) is 10.9 Å². The quantitative estimate of drug-likeness (QED) is 0.523. The number of likely N-dealkylation sites (tertiary alicyclic amines) is 1. The maximum Gasteiger partial charge on any atom is 0.119 e. The first-order valence-corrected chi connectivity index (χ1v) is 10.0. The summed E-state index contributed by atoms with van der Waals surface area (Å²) in [6, 6.07) is 15.1. The summed E-state index contributed by atoms with van der Waals surface area (Å²) in [6.07, 6.45) is 4.90. The van der Waals surface area contributed by atoms with Crippen LogP contribution in [0.2, 0.25) is 0 Å². The second-order valence-corrected chi connectivity index (χ2v) is 7.46. The van der Waals surface area contributed by atoms with E-state index < -0.39 is 0 Å². The Morgan fingerprint density at radius 2 is 2.21 bits per heavy atom. The van der Waals surface area contributed by atoms with Crippen LogP contribution in [0.3, 0.4) is 0 Å². The van der Waals surface area contributed by atoms with Crippen molar-refractivity contribution in [3.8, 4) is 5.75 Å². The molecule has 2 aromatic carbocycles. The molecule has 1 unspecified atom stereocenters. The molecule has 0 aliphatic carbocycles. The Kier molecular flexibility index (Phi) is 6.09. The molecule has 0 bridgehead atoms. The van der Waals surface area contributed by atoms with Crippen molar-refractivity contribution in [3.05, 3.63) is 54.2 Å². The van der Waals surface area contributed by atoms with Crippen molar-refractivity contribution in [2.75, 3.05) is 31.6 Å². The topological polar surface area (TPSA) is 73.4 Å². The zero-order valence-corrected chi connectivity index (χ0v) is 16.1. The van der Waals surface area contributed by atoms with E-state index in [1.54, 1.807) is 0 Å².